The molecular formula is C25H29N9O7S2. The minimum atomic E-state index is -1.79. The smallest absolute Gasteiger partial charge is 0.350 e. The summed E-state index contributed by atoms with van der Waals surface area (Å²) in [6, 6.07) is 2.83. The van der Waals surface area contributed by atoms with Crippen LogP contribution in [0.2, 0.25) is 0 Å². The number of oxime groups is 1. The molecule has 3 aliphatic heterocycles. The number of β-lactam (4-membered cyclic amide) rings is 1. The monoisotopic (exact) mass is 631 g/mol. The number of piperazine rings is 1. The van der Waals surface area contributed by atoms with Crippen molar-refractivity contribution in [2.75, 3.05) is 42.6 Å². The van der Waals surface area contributed by atoms with E-state index in [9.17, 15) is 29.4 Å². The number of amides is 2. The van der Waals surface area contributed by atoms with Gasteiger partial charge in [-0.2, -0.15) is 9.36 Å². The summed E-state index contributed by atoms with van der Waals surface area (Å²) in [4.78, 5) is 62.4. The van der Waals surface area contributed by atoms with E-state index >= 15 is 0 Å². The number of hydrogen-bond acceptors (Lipinski definition) is 14. The number of carboxylic acids is 2. The van der Waals surface area contributed by atoms with Gasteiger partial charge in [-0.3, -0.25) is 14.5 Å². The maximum absolute atomic E-state index is 13.2. The Morgan fingerprint density at radius 3 is 2.60 bits per heavy atom. The van der Waals surface area contributed by atoms with E-state index in [-0.39, 0.29) is 29.0 Å². The number of anilines is 2. The summed E-state index contributed by atoms with van der Waals surface area (Å²) < 4.78 is 5.77. The number of nitrogens with one attached hydrogen (secondary N) is 2. The van der Waals surface area contributed by atoms with Gasteiger partial charge in [-0.15, -0.1) is 11.8 Å². The summed E-state index contributed by atoms with van der Waals surface area (Å²) in [6.07, 6.45) is 3.73. The third-order valence-corrected chi connectivity index (χ3v) is 8.89. The average Bonchev–Trinajstić information content (AvgIpc) is 3.41. The molecule has 0 radical (unpaired) electrons. The molecule has 3 aliphatic rings. The highest BCUT2D eigenvalue weighted by Gasteiger charge is 2.53. The Bertz CT molecular complexity index is 1500. The van der Waals surface area contributed by atoms with Gasteiger partial charge in [0.15, 0.2) is 24.1 Å². The number of hydrogen-bond donors (Lipinski definition) is 4. The van der Waals surface area contributed by atoms with Crippen LogP contribution in [0.3, 0.4) is 0 Å². The highest BCUT2D eigenvalue weighted by molar-refractivity contribution is 8.00. The third kappa shape index (κ3) is 6.25. The Morgan fingerprint density at radius 2 is 2.00 bits per heavy atom. The Labute approximate surface area is 253 Å². The van der Waals surface area contributed by atoms with E-state index in [4.69, 9.17) is 10.6 Å². The molecule has 0 aliphatic carbocycles. The van der Waals surface area contributed by atoms with Gasteiger partial charge >= 0.3 is 5.97 Å². The summed E-state index contributed by atoms with van der Waals surface area (Å²) >= 11 is 2.07. The molecule has 2 unspecified atom stereocenters. The van der Waals surface area contributed by atoms with Crippen molar-refractivity contribution in [3.8, 4) is 0 Å². The lowest BCUT2D eigenvalue weighted by Gasteiger charge is -2.50. The topological polar surface area (TPSA) is 219 Å². The minimum Gasteiger partial charge on any atom is -0.543 e. The molecule has 0 aromatic carbocycles. The molecule has 43 heavy (non-hydrogen) atoms. The van der Waals surface area contributed by atoms with Crippen molar-refractivity contribution >= 4 is 63.6 Å². The molecule has 5 heterocycles. The third-order valence-electron chi connectivity index (χ3n) is 7.01. The van der Waals surface area contributed by atoms with Crippen molar-refractivity contribution in [2.24, 2.45) is 5.16 Å². The molecule has 0 spiro atoms. The van der Waals surface area contributed by atoms with Crippen molar-refractivity contribution in [1.82, 2.24) is 24.9 Å². The second kappa shape index (κ2) is 12.1. The highest BCUT2D eigenvalue weighted by atomic mass is 32.2. The lowest BCUT2D eigenvalue weighted by molar-refractivity contribution is -0.689. The molecule has 2 aromatic heterocycles. The standard InChI is InChI=1S/C25H29N9O7S2/c1-25(2,23(39)40)41-30-15(18-29-24(26)43-31-18)19(35)28-16-20(36)34-17(22(37)38)13(12-42-21(16)34)11-32-7-3-14(4-8-32)33-9-5-27-6-10-33/h3-4,7-8,16,21,27H,5-6,9-12H2,1-2H3,(H4-,26,28,29,31,35,37,38,39,40)/b30-15-. The van der Waals surface area contributed by atoms with Crippen LogP contribution in [0.15, 0.2) is 41.0 Å². The summed E-state index contributed by atoms with van der Waals surface area (Å²) in [5.74, 6) is -4.36. The molecule has 16 nitrogen and oxygen atoms in total. The number of nitrogens with zero attached hydrogens (tertiary/aromatic N) is 6. The Morgan fingerprint density at radius 1 is 1.30 bits per heavy atom. The first kappa shape index (κ1) is 30.2. The molecule has 2 fully saturated rings. The van der Waals surface area contributed by atoms with Gasteiger partial charge in [-0.1, -0.05) is 5.16 Å². The molecule has 18 heteroatoms. The van der Waals surface area contributed by atoms with Crippen LogP contribution >= 0.6 is 23.3 Å². The van der Waals surface area contributed by atoms with Gasteiger partial charge in [0.2, 0.25) is 17.1 Å². The zero-order valence-corrected chi connectivity index (χ0v) is 24.8. The van der Waals surface area contributed by atoms with Gasteiger partial charge < -0.3 is 41.1 Å². The predicted molar refractivity (Wildman–Crippen MR) is 152 cm³/mol. The first-order valence-corrected chi connectivity index (χ1v) is 15.0. The summed E-state index contributed by atoms with van der Waals surface area (Å²) in [6.45, 7) is 6.29. The van der Waals surface area contributed by atoms with Crippen LogP contribution in [0.25, 0.3) is 0 Å². The number of nitrogens with two attached hydrogens (primary N) is 1. The fraction of sp³-hybridized carbons (Fsp3) is 0.440. The predicted octanol–water partition coefficient (Wildman–Crippen LogP) is -2.49. The van der Waals surface area contributed by atoms with Crippen molar-refractivity contribution in [3.05, 3.63) is 41.6 Å². The summed E-state index contributed by atoms with van der Waals surface area (Å²) in [5.41, 5.74) is 4.68. The number of carbonyl (C=O) groups is 4. The number of pyridine rings is 1. The molecule has 2 saturated heterocycles. The van der Waals surface area contributed by atoms with Gasteiger partial charge in [0.05, 0.1) is 11.7 Å². The average molecular weight is 632 g/mol. The molecule has 2 amide bonds. The number of carboxylic acid groups (broad SMARTS) is 2. The van der Waals surface area contributed by atoms with E-state index in [1.165, 1.54) is 25.6 Å². The van der Waals surface area contributed by atoms with E-state index in [2.05, 4.69) is 30.0 Å². The number of thioether (sulfide) groups is 1. The van der Waals surface area contributed by atoms with Gasteiger partial charge in [0.25, 0.3) is 11.8 Å². The number of nitrogen functional groups attached to an aromatic ring is 1. The van der Waals surface area contributed by atoms with E-state index in [1.807, 2.05) is 29.1 Å². The van der Waals surface area contributed by atoms with Gasteiger partial charge in [0.1, 0.15) is 11.4 Å². The van der Waals surface area contributed by atoms with Gasteiger partial charge in [-0.25, -0.2) is 9.36 Å². The van der Waals surface area contributed by atoms with Crippen LogP contribution in [0, 0.1) is 0 Å². The summed E-state index contributed by atoms with van der Waals surface area (Å²) in [5, 5.41) is 30.3. The van der Waals surface area contributed by atoms with E-state index < -0.39 is 46.5 Å². The largest absolute Gasteiger partial charge is 0.543 e. The Kier molecular flexibility index (Phi) is 8.52. The van der Waals surface area contributed by atoms with Crippen molar-refractivity contribution in [1.29, 1.82) is 0 Å². The van der Waals surface area contributed by atoms with E-state index in [0.29, 0.717) is 5.57 Å². The molecule has 0 bridgehead atoms. The Balaban J connectivity index is 1.31. The normalized spacial score (nSPS) is 20.8. The first-order chi connectivity index (χ1) is 20.5. The van der Waals surface area contributed by atoms with Gasteiger partial charge in [-0.05, 0) is 13.8 Å². The second-order valence-corrected chi connectivity index (χ2v) is 12.3. The molecule has 2 aromatic rings. The molecule has 0 saturated carbocycles. The van der Waals surface area contributed by atoms with Crippen LogP contribution in [0.1, 0.15) is 19.7 Å². The van der Waals surface area contributed by atoms with Crippen LogP contribution in [0.5, 0.6) is 0 Å². The SMILES string of the molecule is CC(C)(O/N=C(\C(=O)NC1C(=O)N2C(C(=O)[O-])=C(C[n+]3ccc(N4CCNCC4)cc3)CSC12)c1nsc(N)n1)C(=O)O. The lowest BCUT2D eigenvalue weighted by Crippen LogP contribution is -2.71. The quantitative estimate of drug-likeness (QED) is 0.0924. The fourth-order valence-corrected chi connectivity index (χ4v) is 6.40. The van der Waals surface area contributed by atoms with Crippen LogP contribution in [-0.4, -0.2) is 97.8 Å². The highest BCUT2D eigenvalue weighted by Crippen LogP contribution is 2.40. The fourth-order valence-electron chi connectivity index (χ4n) is 4.63. The number of fused-ring (bicyclic) bond motifs is 1. The lowest BCUT2D eigenvalue weighted by atomic mass is 10.0. The van der Waals surface area contributed by atoms with Gasteiger partial charge in [0, 0.05) is 66.9 Å². The maximum Gasteiger partial charge on any atom is 0.350 e. The molecule has 228 valence electrons. The van der Waals surface area contributed by atoms with Crippen LogP contribution < -0.4 is 30.9 Å². The number of carbonyl (C=O) groups excluding carboxylic acids is 3. The van der Waals surface area contributed by atoms with E-state index in [1.54, 1.807) is 0 Å². The van der Waals surface area contributed by atoms with E-state index in [0.717, 1.165) is 48.3 Å². The number of rotatable bonds is 10. The number of aliphatic carboxylic acids is 2. The molecule has 5 N–H and O–H groups in total. The second-order valence-electron chi connectivity index (χ2n) is 10.4. The van der Waals surface area contributed by atoms with Crippen molar-refractivity contribution in [3.63, 3.8) is 0 Å². The Hall–Kier alpha value is -4.29. The molecule has 5 rings (SSSR count). The van der Waals surface area contributed by atoms with Crippen LogP contribution in [-0.2, 0) is 30.6 Å². The molecule has 2 atom stereocenters. The zero-order chi connectivity index (χ0) is 30.9. The van der Waals surface area contributed by atoms with Crippen molar-refractivity contribution in [2.45, 2.75) is 37.4 Å². The first-order valence-electron chi connectivity index (χ1n) is 13.2. The minimum absolute atomic E-state index is 0.0225. The van der Waals surface area contributed by atoms with Crippen LogP contribution in [0.4, 0.5) is 10.8 Å². The zero-order valence-electron chi connectivity index (χ0n) is 23.2. The number of aromatic nitrogens is 3. The summed E-state index contributed by atoms with van der Waals surface area (Å²) in [7, 11) is 0. The van der Waals surface area contributed by atoms with Crippen molar-refractivity contribution < 1.29 is 38.8 Å². The molecular weight excluding hydrogens is 602 g/mol. The maximum atomic E-state index is 13.2.